The molecule has 1 aromatic rings. The van der Waals surface area contributed by atoms with Gasteiger partial charge in [0.25, 0.3) is 0 Å². The summed E-state index contributed by atoms with van der Waals surface area (Å²) in [6, 6.07) is 0. The summed E-state index contributed by atoms with van der Waals surface area (Å²) in [6.45, 7) is 2.65. The third kappa shape index (κ3) is 8.73. The summed E-state index contributed by atoms with van der Waals surface area (Å²) < 4.78 is 5.18. The highest BCUT2D eigenvalue weighted by atomic mass is 16.5. The van der Waals surface area contributed by atoms with E-state index in [4.69, 9.17) is 4.74 Å². The minimum absolute atomic E-state index is 0.0810. The predicted molar refractivity (Wildman–Crippen MR) is 80.5 cm³/mol. The van der Waals surface area contributed by atoms with Crippen molar-refractivity contribution >= 4 is 5.97 Å². The van der Waals surface area contributed by atoms with Crippen LogP contribution in [0.15, 0.2) is 12.4 Å². The fraction of sp³-hybridized carbons (Fsp3) is 0.750. The fourth-order valence-electron chi connectivity index (χ4n) is 2.17. The standard InChI is InChI=1S/C16H28N2O2/c1-2-3-4-5-6-7-8-9-10-16(19)20-14-11-15-17-12-13-18-15/h12-13H,2-11,14H2,1H3,(H,17,18). The zero-order valence-electron chi connectivity index (χ0n) is 12.7. The van der Waals surface area contributed by atoms with E-state index in [1.165, 1.54) is 38.5 Å². The molecule has 0 aromatic carbocycles. The van der Waals surface area contributed by atoms with Crippen LogP contribution in [0.4, 0.5) is 0 Å². The van der Waals surface area contributed by atoms with Crippen LogP contribution in [-0.2, 0) is 16.0 Å². The summed E-state index contributed by atoms with van der Waals surface area (Å²) >= 11 is 0. The molecule has 0 aliphatic carbocycles. The van der Waals surface area contributed by atoms with Gasteiger partial charge in [-0.05, 0) is 6.42 Å². The predicted octanol–water partition coefficient (Wildman–Crippen LogP) is 4.03. The molecule has 4 nitrogen and oxygen atoms in total. The first kappa shape index (κ1) is 16.7. The van der Waals surface area contributed by atoms with Gasteiger partial charge in [-0.1, -0.05) is 51.9 Å². The SMILES string of the molecule is CCCCCCCCCCC(=O)OCCc1ncc[nH]1. The monoisotopic (exact) mass is 280 g/mol. The Morgan fingerprint density at radius 2 is 1.85 bits per heavy atom. The molecule has 0 atom stereocenters. The molecular formula is C16H28N2O2. The van der Waals surface area contributed by atoms with Gasteiger partial charge < -0.3 is 9.72 Å². The number of aromatic amines is 1. The smallest absolute Gasteiger partial charge is 0.305 e. The van der Waals surface area contributed by atoms with E-state index in [9.17, 15) is 4.79 Å². The minimum atomic E-state index is -0.0810. The molecule has 1 aromatic heterocycles. The Labute approximate surface area is 122 Å². The van der Waals surface area contributed by atoms with Gasteiger partial charge >= 0.3 is 5.97 Å². The van der Waals surface area contributed by atoms with Crippen molar-refractivity contribution in [3.05, 3.63) is 18.2 Å². The van der Waals surface area contributed by atoms with Gasteiger partial charge in [-0.15, -0.1) is 0 Å². The molecule has 4 heteroatoms. The first-order valence-electron chi connectivity index (χ1n) is 7.96. The van der Waals surface area contributed by atoms with Crippen molar-refractivity contribution in [1.82, 2.24) is 9.97 Å². The number of nitrogens with one attached hydrogen (secondary N) is 1. The Kier molecular flexibility index (Phi) is 9.62. The third-order valence-corrected chi connectivity index (χ3v) is 3.39. The van der Waals surface area contributed by atoms with E-state index >= 15 is 0 Å². The molecule has 1 rings (SSSR count). The summed E-state index contributed by atoms with van der Waals surface area (Å²) in [7, 11) is 0. The Bertz CT molecular complexity index is 336. The van der Waals surface area contributed by atoms with Crippen LogP contribution in [0.25, 0.3) is 0 Å². The maximum Gasteiger partial charge on any atom is 0.305 e. The summed E-state index contributed by atoms with van der Waals surface area (Å²) in [5.41, 5.74) is 0. The molecule has 0 spiro atoms. The van der Waals surface area contributed by atoms with E-state index in [0.29, 0.717) is 19.4 Å². The number of unbranched alkanes of at least 4 members (excludes halogenated alkanes) is 7. The van der Waals surface area contributed by atoms with E-state index in [1.807, 2.05) is 0 Å². The van der Waals surface area contributed by atoms with Crippen LogP contribution in [0.1, 0.15) is 70.5 Å². The average molecular weight is 280 g/mol. The van der Waals surface area contributed by atoms with Gasteiger partial charge in [0.2, 0.25) is 0 Å². The van der Waals surface area contributed by atoms with Crippen LogP contribution in [0, 0.1) is 0 Å². The molecule has 20 heavy (non-hydrogen) atoms. The maximum atomic E-state index is 11.5. The zero-order valence-corrected chi connectivity index (χ0v) is 12.7. The first-order valence-corrected chi connectivity index (χ1v) is 7.96. The van der Waals surface area contributed by atoms with Crippen LogP contribution >= 0.6 is 0 Å². The molecule has 0 aliphatic rings. The van der Waals surface area contributed by atoms with Crippen LogP contribution in [0.2, 0.25) is 0 Å². The molecule has 1 N–H and O–H groups in total. The van der Waals surface area contributed by atoms with Gasteiger partial charge in [0.1, 0.15) is 5.82 Å². The normalized spacial score (nSPS) is 10.7. The van der Waals surface area contributed by atoms with E-state index in [2.05, 4.69) is 16.9 Å². The van der Waals surface area contributed by atoms with Gasteiger partial charge in [-0.3, -0.25) is 4.79 Å². The lowest BCUT2D eigenvalue weighted by Crippen LogP contribution is -2.08. The average Bonchev–Trinajstić information content (AvgIpc) is 2.95. The fourth-order valence-corrected chi connectivity index (χ4v) is 2.17. The quantitative estimate of drug-likeness (QED) is 0.464. The second-order valence-corrected chi connectivity index (χ2v) is 5.23. The Morgan fingerprint density at radius 1 is 1.15 bits per heavy atom. The largest absolute Gasteiger partial charge is 0.465 e. The molecule has 0 unspecified atom stereocenters. The van der Waals surface area contributed by atoms with Gasteiger partial charge in [-0.2, -0.15) is 0 Å². The lowest BCUT2D eigenvalue weighted by molar-refractivity contribution is -0.143. The van der Waals surface area contributed by atoms with Crippen molar-refractivity contribution in [3.63, 3.8) is 0 Å². The second kappa shape index (κ2) is 11.5. The maximum absolute atomic E-state index is 11.5. The number of rotatable bonds is 12. The summed E-state index contributed by atoms with van der Waals surface area (Å²) in [4.78, 5) is 18.6. The summed E-state index contributed by atoms with van der Waals surface area (Å²) in [5, 5.41) is 0. The van der Waals surface area contributed by atoms with Crippen molar-refractivity contribution in [3.8, 4) is 0 Å². The number of hydrogen-bond donors (Lipinski definition) is 1. The second-order valence-electron chi connectivity index (χ2n) is 5.23. The van der Waals surface area contributed by atoms with E-state index in [0.717, 1.165) is 18.7 Å². The topological polar surface area (TPSA) is 55.0 Å². The number of carbonyl (C=O) groups excluding carboxylic acids is 1. The van der Waals surface area contributed by atoms with E-state index in [-0.39, 0.29) is 5.97 Å². The molecule has 114 valence electrons. The number of hydrogen-bond acceptors (Lipinski definition) is 3. The van der Waals surface area contributed by atoms with Crippen molar-refractivity contribution in [2.24, 2.45) is 0 Å². The Morgan fingerprint density at radius 3 is 2.50 bits per heavy atom. The van der Waals surface area contributed by atoms with E-state index < -0.39 is 0 Å². The molecule has 1 heterocycles. The van der Waals surface area contributed by atoms with Gasteiger partial charge in [0.15, 0.2) is 0 Å². The van der Waals surface area contributed by atoms with E-state index in [1.54, 1.807) is 12.4 Å². The van der Waals surface area contributed by atoms with Crippen LogP contribution in [-0.4, -0.2) is 22.5 Å². The van der Waals surface area contributed by atoms with Crippen molar-refractivity contribution in [2.75, 3.05) is 6.61 Å². The highest BCUT2D eigenvalue weighted by Crippen LogP contribution is 2.09. The van der Waals surface area contributed by atoms with Crippen LogP contribution in [0.5, 0.6) is 0 Å². The number of H-pyrrole nitrogens is 1. The summed E-state index contributed by atoms with van der Waals surface area (Å²) in [6.07, 6.45) is 14.7. The Hall–Kier alpha value is -1.32. The van der Waals surface area contributed by atoms with Crippen molar-refractivity contribution in [1.29, 1.82) is 0 Å². The third-order valence-electron chi connectivity index (χ3n) is 3.39. The van der Waals surface area contributed by atoms with Crippen LogP contribution < -0.4 is 0 Å². The number of nitrogens with zero attached hydrogens (tertiary/aromatic N) is 1. The number of ether oxygens (including phenoxy) is 1. The molecular weight excluding hydrogens is 252 g/mol. The number of imidazole rings is 1. The highest BCUT2D eigenvalue weighted by Gasteiger charge is 2.03. The summed E-state index contributed by atoms with van der Waals surface area (Å²) in [5.74, 6) is 0.785. The molecule has 0 amide bonds. The number of aromatic nitrogens is 2. The lowest BCUT2D eigenvalue weighted by atomic mass is 10.1. The molecule has 0 aliphatic heterocycles. The van der Waals surface area contributed by atoms with Gasteiger partial charge in [-0.25, -0.2) is 4.98 Å². The molecule has 0 saturated heterocycles. The highest BCUT2D eigenvalue weighted by molar-refractivity contribution is 5.69. The first-order chi connectivity index (χ1) is 9.83. The van der Waals surface area contributed by atoms with Crippen LogP contribution in [0.3, 0.4) is 0 Å². The molecule has 0 bridgehead atoms. The number of carbonyl (C=O) groups is 1. The lowest BCUT2D eigenvalue weighted by Gasteiger charge is -2.04. The minimum Gasteiger partial charge on any atom is -0.465 e. The zero-order chi connectivity index (χ0) is 14.5. The van der Waals surface area contributed by atoms with Gasteiger partial charge in [0.05, 0.1) is 6.61 Å². The van der Waals surface area contributed by atoms with Crippen molar-refractivity contribution in [2.45, 2.75) is 71.1 Å². The van der Waals surface area contributed by atoms with Crippen molar-refractivity contribution < 1.29 is 9.53 Å². The molecule has 0 saturated carbocycles. The number of esters is 1. The molecule has 0 radical (unpaired) electrons. The molecule has 0 fully saturated rings. The van der Waals surface area contributed by atoms with Gasteiger partial charge in [0, 0.05) is 25.2 Å². The Balaban J connectivity index is 1.85.